The molecule has 166 valence electrons. The van der Waals surface area contributed by atoms with E-state index in [0.717, 1.165) is 63.4 Å². The van der Waals surface area contributed by atoms with E-state index in [-0.39, 0.29) is 17.3 Å². The Morgan fingerprint density at radius 3 is 2.45 bits per heavy atom. The summed E-state index contributed by atoms with van der Waals surface area (Å²) in [5.74, 6) is 0.589. The molecule has 31 heavy (non-hydrogen) atoms. The molecule has 1 aliphatic heterocycles. The van der Waals surface area contributed by atoms with Gasteiger partial charge >= 0.3 is 0 Å². The molecule has 0 unspecified atom stereocenters. The molecule has 0 spiro atoms. The number of benzene rings is 2. The second kappa shape index (κ2) is 9.79. The van der Waals surface area contributed by atoms with Crippen molar-refractivity contribution >= 4 is 5.96 Å². The fourth-order valence-corrected chi connectivity index (χ4v) is 4.29. The van der Waals surface area contributed by atoms with E-state index in [2.05, 4.69) is 44.8 Å². The molecule has 5 nitrogen and oxygen atoms in total. The number of piperidine rings is 1. The van der Waals surface area contributed by atoms with Crippen molar-refractivity contribution in [2.75, 3.05) is 26.7 Å². The monoisotopic (exact) mass is 424 g/mol. The molecule has 0 atom stereocenters. The van der Waals surface area contributed by atoms with E-state index in [0.29, 0.717) is 6.54 Å². The smallest absolute Gasteiger partial charge is 0.191 e. The molecule has 0 radical (unpaired) electrons. The highest BCUT2D eigenvalue weighted by atomic mass is 19.1. The molecule has 2 aliphatic rings. The molecular formula is C25H33FN4O. The van der Waals surface area contributed by atoms with Gasteiger partial charge in [-0.15, -0.1) is 0 Å². The first kappa shape index (κ1) is 21.8. The van der Waals surface area contributed by atoms with Crippen molar-refractivity contribution in [3.05, 3.63) is 71.0 Å². The Morgan fingerprint density at radius 2 is 1.81 bits per heavy atom. The molecule has 2 aromatic carbocycles. The highest BCUT2D eigenvalue weighted by Crippen LogP contribution is 2.47. The van der Waals surface area contributed by atoms with Crippen LogP contribution in [0.2, 0.25) is 0 Å². The van der Waals surface area contributed by atoms with Crippen molar-refractivity contribution < 1.29 is 9.50 Å². The Hall–Kier alpha value is -2.44. The highest BCUT2D eigenvalue weighted by Gasteiger charge is 2.44. The van der Waals surface area contributed by atoms with Gasteiger partial charge in [0.1, 0.15) is 5.82 Å². The Morgan fingerprint density at radius 1 is 1.10 bits per heavy atom. The maximum absolute atomic E-state index is 13.6. The van der Waals surface area contributed by atoms with Crippen molar-refractivity contribution in [1.29, 1.82) is 0 Å². The number of hydrogen-bond donors (Lipinski definition) is 3. The van der Waals surface area contributed by atoms with Gasteiger partial charge in [-0.2, -0.15) is 0 Å². The van der Waals surface area contributed by atoms with E-state index in [1.807, 2.05) is 6.07 Å². The van der Waals surface area contributed by atoms with Gasteiger partial charge in [-0.05, 0) is 54.5 Å². The van der Waals surface area contributed by atoms with Gasteiger partial charge in [0, 0.05) is 45.2 Å². The third kappa shape index (κ3) is 5.83. The zero-order chi connectivity index (χ0) is 21.7. The van der Waals surface area contributed by atoms with Gasteiger partial charge < -0.3 is 15.7 Å². The van der Waals surface area contributed by atoms with Gasteiger partial charge in [-0.3, -0.25) is 9.89 Å². The minimum atomic E-state index is -0.174. The van der Waals surface area contributed by atoms with Crippen LogP contribution in [-0.4, -0.2) is 48.8 Å². The standard InChI is InChI=1S/C25H33FN4O/c1-27-24(29-18-25(11-12-25)21-3-2-4-22(26)15-21)28-16-19-5-7-20(8-6-19)17-30-13-9-23(31)10-14-30/h2-8,15,23,31H,9-14,16-18H2,1H3,(H2,27,28,29). The number of halogens is 1. The molecular weight excluding hydrogens is 391 g/mol. The van der Waals surface area contributed by atoms with Crippen molar-refractivity contribution in [2.24, 2.45) is 4.99 Å². The first-order valence-corrected chi connectivity index (χ1v) is 11.3. The number of aliphatic imine (C=N–C) groups is 1. The number of nitrogens with one attached hydrogen (secondary N) is 2. The van der Waals surface area contributed by atoms with Crippen LogP contribution in [0.15, 0.2) is 53.5 Å². The zero-order valence-electron chi connectivity index (χ0n) is 18.3. The normalized spacial score (nSPS) is 19.3. The summed E-state index contributed by atoms with van der Waals surface area (Å²) in [6.07, 6.45) is 3.75. The van der Waals surface area contributed by atoms with Gasteiger partial charge in [-0.1, -0.05) is 36.4 Å². The first-order valence-electron chi connectivity index (χ1n) is 11.3. The molecule has 1 aliphatic carbocycles. The molecule has 2 aromatic rings. The van der Waals surface area contributed by atoms with Crippen LogP contribution in [0.1, 0.15) is 42.4 Å². The number of nitrogens with zero attached hydrogens (tertiary/aromatic N) is 2. The molecule has 4 rings (SSSR count). The van der Waals surface area contributed by atoms with Crippen LogP contribution in [0, 0.1) is 5.82 Å². The lowest BCUT2D eigenvalue weighted by atomic mass is 9.96. The van der Waals surface area contributed by atoms with Gasteiger partial charge in [0.2, 0.25) is 0 Å². The lowest BCUT2D eigenvalue weighted by Crippen LogP contribution is -2.40. The number of hydrogen-bond acceptors (Lipinski definition) is 3. The summed E-state index contributed by atoms with van der Waals surface area (Å²) in [5.41, 5.74) is 3.58. The van der Waals surface area contributed by atoms with E-state index in [4.69, 9.17) is 0 Å². The van der Waals surface area contributed by atoms with Crippen LogP contribution < -0.4 is 10.6 Å². The number of likely N-dealkylation sites (tertiary alicyclic amines) is 1. The van der Waals surface area contributed by atoms with Gasteiger partial charge in [0.15, 0.2) is 5.96 Å². The zero-order valence-corrected chi connectivity index (χ0v) is 18.3. The molecule has 1 saturated heterocycles. The maximum Gasteiger partial charge on any atom is 0.191 e. The molecule has 0 aromatic heterocycles. The molecule has 6 heteroatoms. The second-order valence-electron chi connectivity index (χ2n) is 8.89. The van der Waals surface area contributed by atoms with E-state index >= 15 is 0 Å². The fourth-order valence-electron chi connectivity index (χ4n) is 4.29. The fraction of sp³-hybridized carbons (Fsp3) is 0.480. The summed E-state index contributed by atoms with van der Waals surface area (Å²) in [4.78, 5) is 6.74. The summed E-state index contributed by atoms with van der Waals surface area (Å²) in [6, 6.07) is 15.6. The van der Waals surface area contributed by atoms with Crippen LogP contribution in [0.25, 0.3) is 0 Å². The van der Waals surface area contributed by atoms with E-state index < -0.39 is 0 Å². The van der Waals surface area contributed by atoms with Crippen molar-refractivity contribution in [3.8, 4) is 0 Å². The number of rotatable bonds is 7. The Labute approximate surface area is 184 Å². The van der Waals surface area contributed by atoms with E-state index in [1.54, 1.807) is 19.2 Å². The second-order valence-corrected chi connectivity index (χ2v) is 8.89. The third-order valence-electron chi connectivity index (χ3n) is 6.55. The van der Waals surface area contributed by atoms with E-state index in [1.165, 1.54) is 17.2 Å². The van der Waals surface area contributed by atoms with Crippen LogP contribution in [0.3, 0.4) is 0 Å². The predicted octanol–water partition coefficient (Wildman–Crippen LogP) is 3.18. The van der Waals surface area contributed by atoms with Gasteiger partial charge in [0.05, 0.1) is 6.10 Å². The topological polar surface area (TPSA) is 59.9 Å². The number of aliphatic hydroxyl groups is 1. The van der Waals surface area contributed by atoms with Crippen molar-refractivity contribution in [3.63, 3.8) is 0 Å². The average Bonchev–Trinajstić information content (AvgIpc) is 3.58. The van der Waals surface area contributed by atoms with Crippen LogP contribution in [0.5, 0.6) is 0 Å². The molecule has 2 fully saturated rings. The van der Waals surface area contributed by atoms with Crippen molar-refractivity contribution in [1.82, 2.24) is 15.5 Å². The molecule has 3 N–H and O–H groups in total. The summed E-state index contributed by atoms with van der Waals surface area (Å²) in [6.45, 7) is 4.31. The molecule has 1 heterocycles. The molecule has 0 bridgehead atoms. The molecule has 0 amide bonds. The van der Waals surface area contributed by atoms with Gasteiger partial charge in [0.25, 0.3) is 0 Å². The minimum absolute atomic E-state index is 0.0197. The lowest BCUT2D eigenvalue weighted by Gasteiger charge is -2.29. The lowest BCUT2D eigenvalue weighted by molar-refractivity contribution is 0.0792. The Balaban J connectivity index is 1.24. The SMILES string of the molecule is CN=C(NCc1ccc(CN2CCC(O)CC2)cc1)NCC1(c2cccc(F)c2)CC1. The number of guanidine groups is 1. The first-order chi connectivity index (χ1) is 15.1. The summed E-state index contributed by atoms with van der Waals surface area (Å²) in [5, 5.41) is 16.4. The summed E-state index contributed by atoms with van der Waals surface area (Å²) >= 11 is 0. The summed E-state index contributed by atoms with van der Waals surface area (Å²) < 4.78 is 13.6. The van der Waals surface area contributed by atoms with Crippen LogP contribution >= 0.6 is 0 Å². The summed E-state index contributed by atoms with van der Waals surface area (Å²) in [7, 11) is 1.77. The highest BCUT2D eigenvalue weighted by molar-refractivity contribution is 5.79. The van der Waals surface area contributed by atoms with Gasteiger partial charge in [-0.25, -0.2) is 4.39 Å². The minimum Gasteiger partial charge on any atom is -0.393 e. The number of aliphatic hydroxyl groups excluding tert-OH is 1. The Kier molecular flexibility index (Phi) is 6.88. The Bertz CT molecular complexity index is 887. The van der Waals surface area contributed by atoms with Crippen LogP contribution in [-0.2, 0) is 18.5 Å². The van der Waals surface area contributed by atoms with Crippen LogP contribution in [0.4, 0.5) is 4.39 Å². The quantitative estimate of drug-likeness (QED) is 0.472. The third-order valence-corrected chi connectivity index (χ3v) is 6.55. The largest absolute Gasteiger partial charge is 0.393 e. The average molecular weight is 425 g/mol. The van der Waals surface area contributed by atoms with E-state index in [9.17, 15) is 9.50 Å². The molecule has 1 saturated carbocycles. The predicted molar refractivity (Wildman–Crippen MR) is 122 cm³/mol. The van der Waals surface area contributed by atoms with Crippen molar-refractivity contribution in [2.45, 2.75) is 50.3 Å². The maximum atomic E-state index is 13.6.